The third kappa shape index (κ3) is 2.81. The zero-order valence-corrected chi connectivity index (χ0v) is 7.91. The van der Waals surface area contributed by atoms with Gasteiger partial charge in [-0.05, 0) is 6.42 Å². The second-order valence-electron chi connectivity index (χ2n) is 3.07. The summed E-state index contributed by atoms with van der Waals surface area (Å²) in [4.78, 5) is 4.09. The van der Waals surface area contributed by atoms with Gasteiger partial charge in [0.2, 0.25) is 0 Å². The van der Waals surface area contributed by atoms with Crippen LogP contribution in [-0.4, -0.2) is 22.3 Å². The van der Waals surface area contributed by atoms with Gasteiger partial charge in [-0.3, -0.25) is 0 Å². The average Bonchev–Trinajstić information content (AvgIpc) is 2.54. The summed E-state index contributed by atoms with van der Waals surface area (Å²) in [7, 11) is 0. The molecule has 3 nitrogen and oxygen atoms in total. The average molecular weight is 185 g/mol. The molecule has 1 heterocycles. The predicted molar refractivity (Wildman–Crippen MR) is 50.2 cm³/mol. The first-order valence-corrected chi connectivity index (χ1v) is 4.62. The van der Waals surface area contributed by atoms with Gasteiger partial charge in [0.15, 0.2) is 0 Å². The van der Waals surface area contributed by atoms with Gasteiger partial charge >= 0.3 is 0 Å². The molecule has 13 heavy (non-hydrogen) atoms. The van der Waals surface area contributed by atoms with Gasteiger partial charge in [-0.1, -0.05) is 6.92 Å². The number of alkyl halides is 1. The lowest BCUT2D eigenvalue weighted by Crippen LogP contribution is -2.19. The van der Waals surface area contributed by atoms with E-state index in [-0.39, 0.29) is 6.54 Å². The summed E-state index contributed by atoms with van der Waals surface area (Å²) in [5, 5.41) is 0. The summed E-state index contributed by atoms with van der Waals surface area (Å²) in [5.74, 6) is 0.791. The zero-order valence-electron chi connectivity index (χ0n) is 7.91. The van der Waals surface area contributed by atoms with E-state index in [1.165, 1.54) is 0 Å². The van der Waals surface area contributed by atoms with Gasteiger partial charge in [-0.25, -0.2) is 9.37 Å². The molecule has 0 aromatic carbocycles. The monoisotopic (exact) mass is 185 g/mol. The summed E-state index contributed by atoms with van der Waals surface area (Å²) in [6.45, 7) is 3.05. The van der Waals surface area contributed by atoms with Crippen molar-refractivity contribution in [3.05, 3.63) is 18.2 Å². The molecule has 0 fully saturated rings. The van der Waals surface area contributed by atoms with Crippen molar-refractivity contribution < 1.29 is 4.39 Å². The van der Waals surface area contributed by atoms with Crippen molar-refractivity contribution >= 4 is 0 Å². The number of aromatic nitrogens is 2. The molecule has 1 aromatic rings. The number of rotatable bonds is 5. The molecule has 0 radical (unpaired) electrons. The van der Waals surface area contributed by atoms with E-state index in [0.717, 1.165) is 18.8 Å². The highest BCUT2D eigenvalue weighted by Crippen LogP contribution is 2.04. The summed E-state index contributed by atoms with van der Waals surface area (Å²) in [6, 6.07) is 0. The summed E-state index contributed by atoms with van der Waals surface area (Å²) in [5.41, 5.74) is 5.20. The van der Waals surface area contributed by atoms with Crippen LogP contribution in [0.5, 0.6) is 0 Å². The zero-order chi connectivity index (χ0) is 9.68. The van der Waals surface area contributed by atoms with Crippen molar-refractivity contribution in [2.24, 2.45) is 5.73 Å². The van der Waals surface area contributed by atoms with Crippen LogP contribution < -0.4 is 5.73 Å². The number of hydrogen-bond donors (Lipinski definition) is 1. The van der Waals surface area contributed by atoms with Gasteiger partial charge in [-0.15, -0.1) is 0 Å². The number of halogens is 1. The molecule has 0 bridgehead atoms. The van der Waals surface area contributed by atoms with Crippen molar-refractivity contribution in [2.75, 3.05) is 6.54 Å². The maximum Gasteiger partial charge on any atom is 0.119 e. The van der Waals surface area contributed by atoms with E-state index in [1.807, 2.05) is 10.8 Å². The predicted octanol–water partition coefficient (Wildman–Crippen LogP) is 1.13. The Balaban J connectivity index is 2.59. The van der Waals surface area contributed by atoms with Crippen LogP contribution in [0.3, 0.4) is 0 Å². The second-order valence-corrected chi connectivity index (χ2v) is 3.07. The molecular formula is C9H16FN3. The van der Waals surface area contributed by atoms with Gasteiger partial charge in [0, 0.05) is 31.9 Å². The highest BCUT2D eigenvalue weighted by atomic mass is 19.1. The topological polar surface area (TPSA) is 43.8 Å². The minimum Gasteiger partial charge on any atom is -0.335 e. The van der Waals surface area contributed by atoms with Gasteiger partial charge < -0.3 is 10.3 Å². The Bertz CT molecular complexity index is 247. The van der Waals surface area contributed by atoms with Crippen molar-refractivity contribution in [1.82, 2.24) is 9.55 Å². The van der Waals surface area contributed by atoms with E-state index in [0.29, 0.717) is 6.42 Å². The van der Waals surface area contributed by atoms with Gasteiger partial charge in [0.1, 0.15) is 12.0 Å². The third-order valence-corrected chi connectivity index (χ3v) is 1.93. The van der Waals surface area contributed by atoms with Crippen LogP contribution in [0, 0.1) is 0 Å². The Labute approximate surface area is 77.8 Å². The van der Waals surface area contributed by atoms with Gasteiger partial charge in [0.25, 0.3) is 0 Å². The molecule has 1 atom stereocenters. The molecule has 0 saturated heterocycles. The second kappa shape index (κ2) is 4.97. The van der Waals surface area contributed by atoms with Crippen LogP contribution in [0.2, 0.25) is 0 Å². The van der Waals surface area contributed by atoms with Crippen LogP contribution in [0.1, 0.15) is 19.2 Å². The molecule has 1 rings (SSSR count). The molecule has 0 aliphatic carbocycles. The highest BCUT2D eigenvalue weighted by molar-refractivity contribution is 4.94. The van der Waals surface area contributed by atoms with Crippen molar-refractivity contribution in [3.8, 4) is 0 Å². The van der Waals surface area contributed by atoms with Crippen LogP contribution >= 0.6 is 0 Å². The molecule has 0 amide bonds. The summed E-state index contributed by atoms with van der Waals surface area (Å²) < 4.78 is 14.9. The first-order chi connectivity index (χ1) is 6.27. The SMILES string of the molecule is CCCn1ccnc1CC(F)CN. The molecule has 74 valence electrons. The first kappa shape index (κ1) is 10.2. The van der Waals surface area contributed by atoms with E-state index in [9.17, 15) is 4.39 Å². The molecule has 1 aromatic heterocycles. The lowest BCUT2D eigenvalue weighted by molar-refractivity contribution is 0.331. The largest absolute Gasteiger partial charge is 0.335 e. The van der Waals surface area contributed by atoms with Crippen molar-refractivity contribution in [3.63, 3.8) is 0 Å². The number of imidazole rings is 1. The Morgan fingerprint density at radius 3 is 3.08 bits per heavy atom. The maximum atomic E-state index is 12.9. The Hall–Kier alpha value is -0.900. The Morgan fingerprint density at radius 1 is 1.69 bits per heavy atom. The minimum absolute atomic E-state index is 0.0684. The Kier molecular flexibility index (Phi) is 3.89. The van der Waals surface area contributed by atoms with Gasteiger partial charge in [-0.2, -0.15) is 0 Å². The number of nitrogens with zero attached hydrogens (tertiary/aromatic N) is 2. The van der Waals surface area contributed by atoms with E-state index in [1.54, 1.807) is 6.20 Å². The van der Waals surface area contributed by atoms with Gasteiger partial charge in [0.05, 0.1) is 0 Å². The van der Waals surface area contributed by atoms with E-state index >= 15 is 0 Å². The van der Waals surface area contributed by atoms with Crippen LogP contribution in [-0.2, 0) is 13.0 Å². The van der Waals surface area contributed by atoms with Crippen LogP contribution in [0.15, 0.2) is 12.4 Å². The summed E-state index contributed by atoms with van der Waals surface area (Å²) in [6.07, 6.45) is 3.96. The number of nitrogens with two attached hydrogens (primary N) is 1. The molecule has 1 unspecified atom stereocenters. The summed E-state index contributed by atoms with van der Waals surface area (Å²) >= 11 is 0. The van der Waals surface area contributed by atoms with E-state index < -0.39 is 6.17 Å². The number of hydrogen-bond acceptors (Lipinski definition) is 2. The van der Waals surface area contributed by atoms with E-state index in [4.69, 9.17) is 5.73 Å². The first-order valence-electron chi connectivity index (χ1n) is 4.62. The lowest BCUT2D eigenvalue weighted by Gasteiger charge is -2.07. The molecule has 0 saturated carbocycles. The molecule has 2 N–H and O–H groups in total. The fourth-order valence-corrected chi connectivity index (χ4v) is 1.26. The smallest absolute Gasteiger partial charge is 0.119 e. The van der Waals surface area contributed by atoms with Crippen molar-refractivity contribution in [2.45, 2.75) is 32.5 Å². The van der Waals surface area contributed by atoms with E-state index in [2.05, 4.69) is 11.9 Å². The molecule has 0 aliphatic heterocycles. The standard InChI is InChI=1S/C9H16FN3/c1-2-4-13-5-3-12-9(13)6-8(10)7-11/h3,5,8H,2,4,6-7,11H2,1H3. The lowest BCUT2D eigenvalue weighted by atomic mass is 10.2. The minimum atomic E-state index is -0.974. The maximum absolute atomic E-state index is 12.9. The van der Waals surface area contributed by atoms with Crippen LogP contribution in [0.25, 0.3) is 0 Å². The fraction of sp³-hybridized carbons (Fsp3) is 0.667. The fourth-order valence-electron chi connectivity index (χ4n) is 1.26. The molecular weight excluding hydrogens is 169 g/mol. The molecule has 0 aliphatic rings. The van der Waals surface area contributed by atoms with Crippen molar-refractivity contribution in [1.29, 1.82) is 0 Å². The third-order valence-electron chi connectivity index (χ3n) is 1.93. The normalized spacial score (nSPS) is 13.2. The molecule has 0 spiro atoms. The Morgan fingerprint density at radius 2 is 2.46 bits per heavy atom. The number of aryl methyl sites for hydroxylation is 1. The highest BCUT2D eigenvalue weighted by Gasteiger charge is 2.09. The van der Waals surface area contributed by atoms with Crippen LogP contribution in [0.4, 0.5) is 4.39 Å². The molecule has 4 heteroatoms. The quantitative estimate of drug-likeness (QED) is 0.747.